The lowest BCUT2D eigenvalue weighted by Crippen LogP contribution is -2.48. The Hall–Kier alpha value is -3.62. The predicted molar refractivity (Wildman–Crippen MR) is 143 cm³/mol. The molecule has 0 bridgehead atoms. The minimum atomic E-state index is -0.626. The molecule has 206 valence electrons. The summed E-state index contributed by atoms with van der Waals surface area (Å²) in [6.07, 6.45) is 4.40. The standard InChI is InChI=1S/C29H38FN3O5/c1-31(27(34)21-38-23-13-11-12-22(30)20-23)17-9-7-15-25-29(36)32(2)18-8-4-10-19-37-26-16-6-5-14-24(26)28(35)33(25)3/h5-6,11-14,16,20,25H,4,7-10,15,17-19,21H2,1-3H3/t25-/m0/s1. The van der Waals surface area contributed by atoms with Gasteiger partial charge in [-0.15, -0.1) is 0 Å². The number of carbonyl (C=O) groups is 3. The number of hydrogen-bond donors (Lipinski definition) is 0. The lowest BCUT2D eigenvalue weighted by atomic mass is 10.0. The largest absolute Gasteiger partial charge is 0.493 e. The molecule has 0 aromatic heterocycles. The number of likely N-dealkylation sites (N-methyl/N-ethyl adjacent to an activating group) is 3. The Morgan fingerprint density at radius 3 is 2.66 bits per heavy atom. The van der Waals surface area contributed by atoms with Gasteiger partial charge in [0.05, 0.1) is 12.2 Å². The summed E-state index contributed by atoms with van der Waals surface area (Å²) >= 11 is 0. The molecule has 8 nitrogen and oxygen atoms in total. The van der Waals surface area contributed by atoms with Crippen molar-refractivity contribution in [2.24, 2.45) is 0 Å². The van der Waals surface area contributed by atoms with Gasteiger partial charge < -0.3 is 24.2 Å². The van der Waals surface area contributed by atoms with Gasteiger partial charge in [-0.1, -0.05) is 18.2 Å². The van der Waals surface area contributed by atoms with E-state index in [-0.39, 0.29) is 24.3 Å². The number of benzene rings is 2. The van der Waals surface area contributed by atoms with Gasteiger partial charge >= 0.3 is 0 Å². The fourth-order valence-corrected chi connectivity index (χ4v) is 4.38. The van der Waals surface area contributed by atoms with E-state index in [1.54, 1.807) is 55.2 Å². The number of carbonyl (C=O) groups excluding carboxylic acids is 3. The lowest BCUT2D eigenvalue weighted by molar-refractivity contribution is -0.135. The van der Waals surface area contributed by atoms with E-state index in [4.69, 9.17) is 9.47 Å². The third kappa shape index (κ3) is 8.19. The van der Waals surface area contributed by atoms with Crippen molar-refractivity contribution in [1.29, 1.82) is 0 Å². The molecule has 0 saturated carbocycles. The summed E-state index contributed by atoms with van der Waals surface area (Å²) < 4.78 is 24.6. The normalized spacial score (nSPS) is 17.0. The minimum absolute atomic E-state index is 0.0913. The molecule has 1 aliphatic rings. The number of nitrogens with zero attached hydrogens (tertiary/aromatic N) is 3. The van der Waals surface area contributed by atoms with Crippen LogP contribution < -0.4 is 9.47 Å². The van der Waals surface area contributed by atoms with Gasteiger partial charge in [-0.2, -0.15) is 0 Å². The molecular formula is C29H38FN3O5. The van der Waals surface area contributed by atoms with Crippen LogP contribution >= 0.6 is 0 Å². The van der Waals surface area contributed by atoms with Crippen LogP contribution in [0.2, 0.25) is 0 Å². The summed E-state index contributed by atoms with van der Waals surface area (Å²) in [6.45, 7) is 1.42. The van der Waals surface area contributed by atoms with E-state index < -0.39 is 11.9 Å². The monoisotopic (exact) mass is 527 g/mol. The molecule has 0 unspecified atom stereocenters. The van der Waals surface area contributed by atoms with Crippen LogP contribution in [0.3, 0.4) is 0 Å². The van der Waals surface area contributed by atoms with Gasteiger partial charge in [0.2, 0.25) is 5.91 Å². The van der Waals surface area contributed by atoms with Crippen molar-refractivity contribution in [1.82, 2.24) is 14.7 Å². The molecule has 2 aromatic carbocycles. The maximum absolute atomic E-state index is 13.4. The van der Waals surface area contributed by atoms with Crippen LogP contribution in [0.25, 0.3) is 0 Å². The van der Waals surface area contributed by atoms with Gasteiger partial charge in [-0.3, -0.25) is 14.4 Å². The maximum atomic E-state index is 13.4. The second-order valence-electron chi connectivity index (χ2n) is 9.65. The van der Waals surface area contributed by atoms with Gasteiger partial charge in [0, 0.05) is 40.3 Å². The Balaban J connectivity index is 1.59. The maximum Gasteiger partial charge on any atom is 0.260 e. The van der Waals surface area contributed by atoms with Crippen LogP contribution in [0.15, 0.2) is 48.5 Å². The highest BCUT2D eigenvalue weighted by molar-refractivity contribution is 5.99. The highest BCUT2D eigenvalue weighted by atomic mass is 19.1. The fraction of sp³-hybridized carbons (Fsp3) is 0.483. The average Bonchev–Trinajstić information content (AvgIpc) is 2.92. The number of rotatable bonds is 8. The first-order chi connectivity index (χ1) is 18.3. The number of halogens is 1. The van der Waals surface area contributed by atoms with E-state index in [0.29, 0.717) is 56.0 Å². The van der Waals surface area contributed by atoms with E-state index >= 15 is 0 Å². The molecule has 0 saturated heterocycles. The first-order valence-electron chi connectivity index (χ1n) is 13.1. The molecule has 0 aliphatic carbocycles. The van der Waals surface area contributed by atoms with Crippen LogP contribution in [0, 0.1) is 5.82 Å². The zero-order valence-electron chi connectivity index (χ0n) is 22.5. The molecule has 9 heteroatoms. The minimum Gasteiger partial charge on any atom is -0.493 e. The van der Waals surface area contributed by atoms with E-state index in [1.807, 2.05) is 6.07 Å². The highest BCUT2D eigenvalue weighted by Crippen LogP contribution is 2.23. The number of para-hydroxylation sites is 1. The summed E-state index contributed by atoms with van der Waals surface area (Å²) in [5, 5.41) is 0. The number of amides is 3. The summed E-state index contributed by atoms with van der Waals surface area (Å²) in [7, 11) is 5.12. The van der Waals surface area contributed by atoms with Gasteiger partial charge in [0.15, 0.2) is 6.61 Å². The van der Waals surface area contributed by atoms with Gasteiger partial charge in [-0.05, 0) is 62.8 Å². The van der Waals surface area contributed by atoms with E-state index in [1.165, 1.54) is 23.1 Å². The van der Waals surface area contributed by atoms with Crippen molar-refractivity contribution >= 4 is 17.7 Å². The molecule has 0 fully saturated rings. The summed E-state index contributed by atoms with van der Waals surface area (Å²) in [4.78, 5) is 44.0. The van der Waals surface area contributed by atoms with Gasteiger partial charge in [-0.25, -0.2) is 4.39 Å². The second-order valence-corrected chi connectivity index (χ2v) is 9.65. The quantitative estimate of drug-likeness (QED) is 0.485. The van der Waals surface area contributed by atoms with E-state index in [0.717, 1.165) is 19.3 Å². The topological polar surface area (TPSA) is 79.4 Å². The van der Waals surface area contributed by atoms with Crippen molar-refractivity contribution in [3.05, 3.63) is 59.9 Å². The smallest absolute Gasteiger partial charge is 0.260 e. The molecule has 0 radical (unpaired) electrons. The molecule has 0 spiro atoms. The third-order valence-electron chi connectivity index (χ3n) is 6.77. The Labute approximate surface area is 224 Å². The van der Waals surface area contributed by atoms with Crippen LogP contribution in [-0.2, 0) is 9.59 Å². The molecule has 2 aromatic rings. The lowest BCUT2D eigenvalue weighted by Gasteiger charge is -2.31. The summed E-state index contributed by atoms with van der Waals surface area (Å²) in [5.74, 6) is -0.169. The summed E-state index contributed by atoms with van der Waals surface area (Å²) in [6, 6.07) is 12.2. The first-order valence-corrected chi connectivity index (χ1v) is 13.1. The molecule has 1 atom stereocenters. The fourth-order valence-electron chi connectivity index (χ4n) is 4.38. The highest BCUT2D eigenvalue weighted by Gasteiger charge is 2.31. The van der Waals surface area contributed by atoms with E-state index in [9.17, 15) is 18.8 Å². The van der Waals surface area contributed by atoms with Crippen LogP contribution in [-0.4, -0.2) is 85.9 Å². The molecular weight excluding hydrogens is 489 g/mol. The van der Waals surface area contributed by atoms with Crippen molar-refractivity contribution < 1.29 is 28.2 Å². The average molecular weight is 528 g/mol. The number of hydrogen-bond acceptors (Lipinski definition) is 5. The van der Waals surface area contributed by atoms with Crippen molar-refractivity contribution in [2.75, 3.05) is 47.4 Å². The van der Waals surface area contributed by atoms with Crippen molar-refractivity contribution in [3.63, 3.8) is 0 Å². The first kappa shape index (κ1) is 28.9. The van der Waals surface area contributed by atoms with Crippen LogP contribution in [0.5, 0.6) is 11.5 Å². The number of unbranched alkanes of at least 4 members (excludes halogenated alkanes) is 1. The zero-order chi connectivity index (χ0) is 27.5. The Morgan fingerprint density at radius 2 is 1.87 bits per heavy atom. The van der Waals surface area contributed by atoms with E-state index in [2.05, 4.69) is 0 Å². The summed E-state index contributed by atoms with van der Waals surface area (Å²) in [5.41, 5.74) is 0.443. The van der Waals surface area contributed by atoms with Crippen LogP contribution in [0.4, 0.5) is 4.39 Å². The Kier molecular flexibility index (Phi) is 10.9. The Bertz CT molecular complexity index is 1100. The zero-order valence-corrected chi connectivity index (χ0v) is 22.5. The number of ether oxygens (including phenoxy) is 2. The second kappa shape index (κ2) is 14.4. The molecule has 3 amide bonds. The molecule has 1 aliphatic heterocycles. The molecule has 0 N–H and O–H groups in total. The molecule has 1 heterocycles. The predicted octanol–water partition coefficient (Wildman–Crippen LogP) is 4.00. The molecule has 3 rings (SSSR count). The van der Waals surface area contributed by atoms with Crippen LogP contribution in [0.1, 0.15) is 48.9 Å². The third-order valence-corrected chi connectivity index (χ3v) is 6.77. The van der Waals surface area contributed by atoms with Gasteiger partial charge in [0.1, 0.15) is 23.4 Å². The molecule has 38 heavy (non-hydrogen) atoms. The van der Waals surface area contributed by atoms with Crippen molar-refractivity contribution in [3.8, 4) is 11.5 Å². The SMILES string of the molecule is CN(CCCC[C@H]1C(=O)N(C)CCCCCOc2ccccc2C(=O)N1C)C(=O)COc1cccc(F)c1. The number of fused-ring (bicyclic) bond motifs is 1. The van der Waals surface area contributed by atoms with Gasteiger partial charge in [0.25, 0.3) is 11.8 Å². The Morgan fingerprint density at radius 1 is 1.08 bits per heavy atom. The van der Waals surface area contributed by atoms with Crippen molar-refractivity contribution in [2.45, 2.75) is 44.6 Å².